The number of carbonyl (C=O) groups excluding carboxylic acids is 4. The second-order valence-corrected chi connectivity index (χ2v) is 8.53. The van der Waals surface area contributed by atoms with E-state index in [1.54, 1.807) is 14.0 Å². The summed E-state index contributed by atoms with van der Waals surface area (Å²) < 4.78 is 25.6. The Balaban J connectivity index is 1.56. The Bertz CT molecular complexity index is 617. The van der Waals surface area contributed by atoms with Crippen molar-refractivity contribution in [3.63, 3.8) is 0 Å². The molecule has 0 N–H and O–H groups in total. The lowest BCUT2D eigenvalue weighted by Gasteiger charge is -2.26. The van der Waals surface area contributed by atoms with Gasteiger partial charge in [-0.2, -0.15) is 0 Å². The minimum Gasteiger partial charge on any atom is -0.463 e. The van der Waals surface area contributed by atoms with Gasteiger partial charge in [-0.25, -0.2) is 0 Å². The van der Waals surface area contributed by atoms with E-state index in [-0.39, 0.29) is 48.0 Å². The Morgan fingerprint density at radius 1 is 0.594 bits per heavy atom. The SMILES string of the molecule is COCCOCCOC(=O)C1CCC(C(=O)OCOC(=O)C2CCC(C(C)=O)CC2)CC1. The molecule has 0 aromatic rings. The number of hydrogen-bond donors (Lipinski definition) is 0. The molecule has 0 saturated heterocycles. The van der Waals surface area contributed by atoms with Gasteiger partial charge in [0, 0.05) is 13.0 Å². The summed E-state index contributed by atoms with van der Waals surface area (Å²) in [5.41, 5.74) is 0. The third-order valence-electron chi connectivity index (χ3n) is 6.34. The van der Waals surface area contributed by atoms with Gasteiger partial charge in [-0.05, 0) is 58.3 Å². The van der Waals surface area contributed by atoms with Crippen molar-refractivity contribution < 1.29 is 42.9 Å². The third kappa shape index (κ3) is 8.86. The molecular formula is C23H36O9. The van der Waals surface area contributed by atoms with E-state index >= 15 is 0 Å². The second kappa shape index (κ2) is 14.2. The van der Waals surface area contributed by atoms with Gasteiger partial charge in [0.1, 0.15) is 12.4 Å². The minimum absolute atomic E-state index is 0.0403. The number of carbonyl (C=O) groups is 4. The van der Waals surface area contributed by atoms with Crippen molar-refractivity contribution in [1.29, 1.82) is 0 Å². The summed E-state index contributed by atoms with van der Waals surface area (Å²) in [6, 6.07) is 0. The van der Waals surface area contributed by atoms with Crippen LogP contribution in [0.5, 0.6) is 0 Å². The first-order valence-electron chi connectivity index (χ1n) is 11.5. The summed E-state index contributed by atoms with van der Waals surface area (Å²) in [7, 11) is 1.59. The second-order valence-electron chi connectivity index (χ2n) is 8.53. The molecule has 9 nitrogen and oxygen atoms in total. The van der Waals surface area contributed by atoms with Crippen LogP contribution < -0.4 is 0 Å². The van der Waals surface area contributed by atoms with E-state index < -0.39 is 12.8 Å². The van der Waals surface area contributed by atoms with E-state index in [1.165, 1.54) is 0 Å². The van der Waals surface area contributed by atoms with Gasteiger partial charge in [0.2, 0.25) is 6.79 Å². The molecule has 2 saturated carbocycles. The predicted octanol–water partition coefficient (Wildman–Crippen LogP) is 2.44. The van der Waals surface area contributed by atoms with Gasteiger partial charge in [0.05, 0.1) is 37.6 Å². The number of rotatable bonds is 12. The van der Waals surface area contributed by atoms with Gasteiger partial charge >= 0.3 is 17.9 Å². The Labute approximate surface area is 189 Å². The Morgan fingerprint density at radius 3 is 1.44 bits per heavy atom. The number of ether oxygens (including phenoxy) is 5. The number of hydrogen-bond acceptors (Lipinski definition) is 9. The van der Waals surface area contributed by atoms with Crippen LogP contribution in [-0.2, 0) is 42.9 Å². The lowest BCUT2D eigenvalue weighted by atomic mass is 9.80. The number of ketones is 1. The Hall–Kier alpha value is -2.00. The molecule has 182 valence electrons. The first-order chi connectivity index (χ1) is 15.4. The normalized spacial score (nSPS) is 25.6. The molecule has 0 spiro atoms. The van der Waals surface area contributed by atoms with E-state index in [1.807, 2.05) is 0 Å². The van der Waals surface area contributed by atoms with Crippen molar-refractivity contribution in [1.82, 2.24) is 0 Å². The first-order valence-corrected chi connectivity index (χ1v) is 11.5. The molecule has 2 aliphatic rings. The van der Waals surface area contributed by atoms with Gasteiger partial charge in [-0.3, -0.25) is 19.2 Å². The van der Waals surface area contributed by atoms with Crippen molar-refractivity contribution in [2.24, 2.45) is 23.7 Å². The molecule has 0 atom stereocenters. The molecule has 0 bridgehead atoms. The van der Waals surface area contributed by atoms with Gasteiger partial charge < -0.3 is 23.7 Å². The molecule has 0 amide bonds. The molecule has 0 heterocycles. The van der Waals surface area contributed by atoms with Crippen molar-refractivity contribution in [2.75, 3.05) is 40.3 Å². The summed E-state index contributed by atoms with van der Waals surface area (Å²) in [4.78, 5) is 47.9. The Kier molecular flexibility index (Phi) is 11.7. The smallest absolute Gasteiger partial charge is 0.311 e. The van der Waals surface area contributed by atoms with Crippen molar-refractivity contribution in [3.8, 4) is 0 Å². The van der Waals surface area contributed by atoms with Gasteiger partial charge in [0.25, 0.3) is 0 Å². The minimum atomic E-state index is -0.406. The zero-order valence-corrected chi connectivity index (χ0v) is 19.2. The summed E-state index contributed by atoms with van der Waals surface area (Å²) in [5, 5.41) is 0. The van der Waals surface area contributed by atoms with Crippen LogP contribution in [-0.4, -0.2) is 64.0 Å². The van der Waals surface area contributed by atoms with Crippen molar-refractivity contribution >= 4 is 23.7 Å². The summed E-state index contributed by atoms with van der Waals surface area (Å²) >= 11 is 0. The van der Waals surface area contributed by atoms with Crippen LogP contribution in [0, 0.1) is 23.7 Å². The van der Waals surface area contributed by atoms with Gasteiger partial charge in [-0.15, -0.1) is 0 Å². The predicted molar refractivity (Wildman–Crippen MR) is 112 cm³/mol. The number of methoxy groups -OCH3 is 1. The highest BCUT2D eigenvalue weighted by atomic mass is 16.7. The highest BCUT2D eigenvalue weighted by molar-refractivity contribution is 5.79. The van der Waals surface area contributed by atoms with E-state index in [9.17, 15) is 19.2 Å². The zero-order valence-electron chi connectivity index (χ0n) is 19.2. The molecule has 2 aliphatic carbocycles. The van der Waals surface area contributed by atoms with Crippen LogP contribution in [0.2, 0.25) is 0 Å². The fourth-order valence-electron chi connectivity index (χ4n) is 4.25. The highest BCUT2D eigenvalue weighted by Gasteiger charge is 2.32. The quantitative estimate of drug-likeness (QED) is 0.248. The number of Topliss-reactive ketones (excluding diaryl/α,β-unsaturated/α-hetero) is 1. The summed E-state index contributed by atoms with van der Waals surface area (Å²) in [6.45, 7) is 2.67. The molecule has 0 radical (unpaired) electrons. The molecule has 0 aromatic heterocycles. The molecule has 0 aliphatic heterocycles. The maximum atomic E-state index is 12.3. The van der Waals surface area contributed by atoms with E-state index in [0.29, 0.717) is 71.2 Å². The van der Waals surface area contributed by atoms with Crippen LogP contribution in [0.25, 0.3) is 0 Å². The van der Waals surface area contributed by atoms with Gasteiger partial charge in [-0.1, -0.05) is 0 Å². The van der Waals surface area contributed by atoms with E-state index in [0.717, 1.165) is 0 Å². The molecule has 2 fully saturated rings. The summed E-state index contributed by atoms with van der Waals surface area (Å²) in [6.07, 6.45) is 4.82. The van der Waals surface area contributed by atoms with Crippen LogP contribution in [0.15, 0.2) is 0 Å². The Morgan fingerprint density at radius 2 is 1.00 bits per heavy atom. The molecule has 0 aromatic carbocycles. The van der Waals surface area contributed by atoms with Crippen molar-refractivity contribution in [3.05, 3.63) is 0 Å². The fraction of sp³-hybridized carbons (Fsp3) is 0.826. The van der Waals surface area contributed by atoms with E-state index in [4.69, 9.17) is 23.7 Å². The molecule has 0 unspecified atom stereocenters. The average Bonchev–Trinajstić information content (AvgIpc) is 2.81. The van der Waals surface area contributed by atoms with Crippen LogP contribution >= 0.6 is 0 Å². The lowest BCUT2D eigenvalue weighted by Crippen LogP contribution is -2.30. The maximum absolute atomic E-state index is 12.3. The molecule has 2 rings (SSSR count). The summed E-state index contributed by atoms with van der Waals surface area (Å²) in [5.74, 6) is -1.60. The van der Waals surface area contributed by atoms with Crippen LogP contribution in [0.1, 0.15) is 58.3 Å². The third-order valence-corrected chi connectivity index (χ3v) is 6.34. The maximum Gasteiger partial charge on any atom is 0.311 e. The first kappa shape index (κ1) is 26.3. The fourth-order valence-corrected chi connectivity index (χ4v) is 4.25. The topological polar surface area (TPSA) is 114 Å². The number of esters is 3. The largest absolute Gasteiger partial charge is 0.463 e. The standard InChI is InChI=1S/C23H36O9/c1-16(24)17-3-5-19(6-4-17)22(26)31-15-32-23(27)20-9-7-18(8-10-20)21(25)30-14-13-29-12-11-28-2/h17-20H,3-15H2,1-2H3. The monoisotopic (exact) mass is 456 g/mol. The van der Waals surface area contributed by atoms with E-state index in [2.05, 4.69) is 0 Å². The lowest BCUT2D eigenvalue weighted by molar-refractivity contribution is -0.175. The molecular weight excluding hydrogens is 420 g/mol. The molecule has 32 heavy (non-hydrogen) atoms. The van der Waals surface area contributed by atoms with Crippen LogP contribution in [0.4, 0.5) is 0 Å². The zero-order chi connectivity index (χ0) is 23.3. The van der Waals surface area contributed by atoms with Gasteiger partial charge in [0.15, 0.2) is 0 Å². The average molecular weight is 457 g/mol. The highest BCUT2D eigenvalue weighted by Crippen LogP contribution is 2.31. The molecule has 9 heteroatoms. The van der Waals surface area contributed by atoms with Crippen LogP contribution in [0.3, 0.4) is 0 Å². The van der Waals surface area contributed by atoms with Crippen molar-refractivity contribution in [2.45, 2.75) is 58.3 Å².